The minimum atomic E-state index is -0.183. The third kappa shape index (κ3) is 3.38. The van der Waals surface area contributed by atoms with Gasteiger partial charge in [-0.05, 0) is 48.7 Å². The predicted molar refractivity (Wildman–Crippen MR) is 82.7 cm³/mol. The third-order valence-corrected chi connectivity index (χ3v) is 3.69. The fourth-order valence-electron chi connectivity index (χ4n) is 2.19. The van der Waals surface area contributed by atoms with E-state index in [0.717, 1.165) is 24.1 Å². The lowest BCUT2D eigenvalue weighted by Crippen LogP contribution is -2.23. The monoisotopic (exact) mass is 291 g/mol. The van der Waals surface area contributed by atoms with Gasteiger partial charge in [0.1, 0.15) is 5.82 Å². The number of hydrogen-bond acceptors (Lipinski definition) is 1. The van der Waals surface area contributed by atoms with Crippen LogP contribution in [0.4, 0.5) is 4.39 Å². The highest BCUT2D eigenvalue weighted by atomic mass is 35.5. The summed E-state index contributed by atoms with van der Waals surface area (Å²) in [6, 6.07) is 13.0. The molecule has 2 rings (SSSR count). The summed E-state index contributed by atoms with van der Waals surface area (Å²) < 4.78 is 13.8. The van der Waals surface area contributed by atoms with Crippen molar-refractivity contribution in [3.05, 3.63) is 70.0 Å². The highest BCUT2D eigenvalue weighted by Gasteiger charge is 2.17. The number of benzene rings is 2. The Labute approximate surface area is 124 Å². The van der Waals surface area contributed by atoms with Crippen molar-refractivity contribution in [3.8, 4) is 0 Å². The van der Waals surface area contributed by atoms with E-state index in [2.05, 4.69) is 12.2 Å². The van der Waals surface area contributed by atoms with Crippen LogP contribution in [-0.2, 0) is 0 Å². The van der Waals surface area contributed by atoms with Gasteiger partial charge in [-0.2, -0.15) is 0 Å². The second-order valence-electron chi connectivity index (χ2n) is 4.92. The van der Waals surface area contributed by atoms with Gasteiger partial charge in [0.05, 0.1) is 6.04 Å². The van der Waals surface area contributed by atoms with E-state index in [1.54, 1.807) is 13.0 Å². The Morgan fingerprint density at radius 3 is 2.60 bits per heavy atom. The van der Waals surface area contributed by atoms with Gasteiger partial charge in [-0.25, -0.2) is 4.39 Å². The molecule has 0 saturated carbocycles. The van der Waals surface area contributed by atoms with Crippen molar-refractivity contribution >= 4 is 11.6 Å². The van der Waals surface area contributed by atoms with Crippen LogP contribution in [0.25, 0.3) is 0 Å². The number of aryl methyl sites for hydroxylation is 1. The molecule has 2 aromatic rings. The summed E-state index contributed by atoms with van der Waals surface area (Å²) in [5.41, 5.74) is 2.53. The zero-order valence-electron chi connectivity index (χ0n) is 11.8. The van der Waals surface area contributed by atoms with Crippen LogP contribution in [0.2, 0.25) is 5.02 Å². The van der Waals surface area contributed by atoms with Gasteiger partial charge in [0.15, 0.2) is 0 Å². The van der Waals surface area contributed by atoms with Crippen LogP contribution in [0.15, 0.2) is 42.5 Å². The first-order valence-corrected chi connectivity index (χ1v) is 7.25. The maximum Gasteiger partial charge on any atom is 0.126 e. The molecule has 0 radical (unpaired) electrons. The Morgan fingerprint density at radius 1 is 1.20 bits per heavy atom. The molecule has 0 saturated heterocycles. The minimum absolute atomic E-state index is 0.0845. The second kappa shape index (κ2) is 6.87. The first-order chi connectivity index (χ1) is 9.63. The van der Waals surface area contributed by atoms with E-state index in [-0.39, 0.29) is 11.9 Å². The van der Waals surface area contributed by atoms with Crippen LogP contribution in [0, 0.1) is 12.7 Å². The molecule has 0 aliphatic heterocycles. The van der Waals surface area contributed by atoms with Crippen molar-refractivity contribution in [2.75, 3.05) is 6.54 Å². The van der Waals surface area contributed by atoms with Gasteiger partial charge < -0.3 is 5.32 Å². The lowest BCUT2D eigenvalue weighted by molar-refractivity contribution is 0.582. The summed E-state index contributed by atoms with van der Waals surface area (Å²) in [5, 5.41) is 4.13. The maximum atomic E-state index is 13.8. The van der Waals surface area contributed by atoms with Gasteiger partial charge in [0, 0.05) is 5.02 Å². The molecule has 20 heavy (non-hydrogen) atoms. The first-order valence-electron chi connectivity index (χ1n) is 6.87. The summed E-state index contributed by atoms with van der Waals surface area (Å²) >= 11 is 6.29. The van der Waals surface area contributed by atoms with Gasteiger partial charge in [-0.15, -0.1) is 0 Å². The number of halogens is 2. The quantitative estimate of drug-likeness (QED) is 0.828. The molecule has 0 spiro atoms. The van der Waals surface area contributed by atoms with Crippen molar-refractivity contribution in [1.29, 1.82) is 0 Å². The molecular formula is C17H19ClFN. The Hall–Kier alpha value is -1.38. The second-order valence-corrected chi connectivity index (χ2v) is 5.32. The molecule has 1 atom stereocenters. The van der Waals surface area contributed by atoms with E-state index >= 15 is 0 Å². The number of rotatable bonds is 5. The van der Waals surface area contributed by atoms with Crippen LogP contribution in [0.5, 0.6) is 0 Å². The molecule has 1 unspecified atom stereocenters. The summed E-state index contributed by atoms with van der Waals surface area (Å²) in [7, 11) is 0. The van der Waals surface area contributed by atoms with E-state index in [0.29, 0.717) is 10.6 Å². The molecular weight excluding hydrogens is 273 g/mol. The van der Waals surface area contributed by atoms with Gasteiger partial charge >= 0.3 is 0 Å². The fourth-order valence-corrected chi connectivity index (χ4v) is 2.44. The van der Waals surface area contributed by atoms with Crippen LogP contribution < -0.4 is 5.32 Å². The van der Waals surface area contributed by atoms with Crippen molar-refractivity contribution in [2.24, 2.45) is 0 Å². The minimum Gasteiger partial charge on any atom is -0.306 e. The standard InChI is InChI=1S/C17H19ClFN/c1-3-10-20-17(14-6-4-5-7-15(14)18)13-9-8-12(2)16(19)11-13/h4-9,11,17,20H,3,10H2,1-2H3. The summed E-state index contributed by atoms with van der Waals surface area (Å²) in [6.07, 6.45) is 1.01. The Balaban J connectivity index is 2.41. The fraction of sp³-hybridized carbons (Fsp3) is 0.294. The smallest absolute Gasteiger partial charge is 0.126 e. The first kappa shape index (κ1) is 15.0. The molecule has 1 N–H and O–H groups in total. The zero-order valence-corrected chi connectivity index (χ0v) is 12.5. The highest BCUT2D eigenvalue weighted by molar-refractivity contribution is 6.31. The van der Waals surface area contributed by atoms with E-state index in [1.807, 2.05) is 36.4 Å². The van der Waals surface area contributed by atoms with Crippen LogP contribution in [0.1, 0.15) is 36.1 Å². The SMILES string of the molecule is CCCNC(c1ccc(C)c(F)c1)c1ccccc1Cl. The lowest BCUT2D eigenvalue weighted by atomic mass is 9.97. The molecule has 0 aromatic heterocycles. The highest BCUT2D eigenvalue weighted by Crippen LogP contribution is 2.29. The Kier molecular flexibility index (Phi) is 5.16. The summed E-state index contributed by atoms with van der Waals surface area (Å²) in [6.45, 7) is 4.72. The molecule has 1 nitrogen and oxygen atoms in total. The van der Waals surface area contributed by atoms with Gasteiger partial charge in [0.25, 0.3) is 0 Å². The average molecular weight is 292 g/mol. The van der Waals surface area contributed by atoms with Crippen LogP contribution >= 0.6 is 11.6 Å². The van der Waals surface area contributed by atoms with Crippen molar-refractivity contribution < 1.29 is 4.39 Å². The molecule has 3 heteroatoms. The lowest BCUT2D eigenvalue weighted by Gasteiger charge is -2.21. The normalized spacial score (nSPS) is 12.4. The Bertz CT molecular complexity index is 583. The zero-order chi connectivity index (χ0) is 14.5. The number of hydrogen-bond donors (Lipinski definition) is 1. The largest absolute Gasteiger partial charge is 0.306 e. The Morgan fingerprint density at radius 2 is 1.95 bits per heavy atom. The molecule has 106 valence electrons. The molecule has 0 heterocycles. The maximum absolute atomic E-state index is 13.8. The number of nitrogens with one attached hydrogen (secondary N) is 1. The molecule has 0 bridgehead atoms. The summed E-state index contributed by atoms with van der Waals surface area (Å²) in [4.78, 5) is 0. The molecule has 2 aromatic carbocycles. The van der Waals surface area contributed by atoms with Gasteiger partial charge in [0.2, 0.25) is 0 Å². The van der Waals surface area contributed by atoms with E-state index < -0.39 is 0 Å². The van der Waals surface area contributed by atoms with Crippen molar-refractivity contribution in [1.82, 2.24) is 5.32 Å². The van der Waals surface area contributed by atoms with Crippen molar-refractivity contribution in [3.63, 3.8) is 0 Å². The van der Waals surface area contributed by atoms with Gasteiger partial charge in [-0.3, -0.25) is 0 Å². The summed E-state index contributed by atoms with van der Waals surface area (Å²) in [5.74, 6) is -0.183. The van der Waals surface area contributed by atoms with Crippen LogP contribution in [-0.4, -0.2) is 6.54 Å². The predicted octanol–water partition coefficient (Wildman–Crippen LogP) is 4.88. The topological polar surface area (TPSA) is 12.0 Å². The van der Waals surface area contributed by atoms with Gasteiger partial charge in [-0.1, -0.05) is 48.9 Å². The molecule has 0 fully saturated rings. The molecule has 0 amide bonds. The molecule has 0 aliphatic carbocycles. The van der Waals surface area contributed by atoms with E-state index in [1.165, 1.54) is 0 Å². The van der Waals surface area contributed by atoms with E-state index in [4.69, 9.17) is 11.6 Å². The van der Waals surface area contributed by atoms with Crippen molar-refractivity contribution in [2.45, 2.75) is 26.3 Å². The average Bonchev–Trinajstić information content (AvgIpc) is 2.44. The third-order valence-electron chi connectivity index (χ3n) is 3.34. The van der Waals surface area contributed by atoms with Crippen LogP contribution in [0.3, 0.4) is 0 Å². The molecule has 0 aliphatic rings. The van der Waals surface area contributed by atoms with E-state index in [9.17, 15) is 4.39 Å².